The van der Waals surface area contributed by atoms with Crippen LogP contribution in [-0.4, -0.2) is 255 Å². The molecule has 5 rings (SSSR count). The number of imidazole rings is 1. The van der Waals surface area contributed by atoms with Crippen LogP contribution in [0.3, 0.4) is 0 Å². The molecule has 12 amide bonds. The summed E-state index contributed by atoms with van der Waals surface area (Å²) < 4.78 is 33.5. The lowest BCUT2D eigenvalue weighted by Crippen LogP contribution is -2.61. The number of carbonyl (C=O) groups excluding carboxylic acids is 12. The first-order chi connectivity index (χ1) is 54.9. The first kappa shape index (κ1) is 94.2. The van der Waals surface area contributed by atoms with Gasteiger partial charge in [0.25, 0.3) is 16.0 Å². The predicted molar refractivity (Wildman–Crippen MR) is 418 cm³/mol. The lowest BCUT2D eigenvalue weighted by atomic mass is 10.1. The maximum absolute atomic E-state index is 14.2. The molecule has 0 aliphatic heterocycles. The van der Waals surface area contributed by atoms with E-state index >= 15 is 0 Å². The second-order valence-corrected chi connectivity index (χ2v) is 28.8. The number of nitrogens with zero attached hydrogens (tertiary/aromatic N) is 4. The lowest BCUT2D eigenvalue weighted by Gasteiger charge is -2.27. The van der Waals surface area contributed by atoms with E-state index in [4.69, 9.17) is 5.73 Å². The summed E-state index contributed by atoms with van der Waals surface area (Å²) in [6.07, 6.45) is -2.78. The molecule has 1 aromatic heterocycles. The van der Waals surface area contributed by atoms with Crippen molar-refractivity contribution in [1.29, 1.82) is 0 Å². The van der Waals surface area contributed by atoms with Crippen molar-refractivity contribution in [3.63, 3.8) is 0 Å². The number of anilines is 2. The highest BCUT2D eigenvalue weighted by atomic mass is 32.2. The number of thioether (sulfide) groups is 1. The van der Waals surface area contributed by atoms with Gasteiger partial charge in [-0.2, -0.15) is 43.0 Å². The van der Waals surface area contributed by atoms with Gasteiger partial charge in [0.15, 0.2) is 0 Å². The quantitative estimate of drug-likeness (QED) is 0.00889. The monoisotopic (exact) mass is 1680 g/mol. The Morgan fingerprint density at radius 3 is 1.47 bits per heavy atom. The molecule has 0 aliphatic carbocycles. The zero-order chi connectivity index (χ0) is 85.9. The molecule has 4 aromatic carbocycles. The van der Waals surface area contributed by atoms with E-state index in [0.717, 1.165) is 24.4 Å². The number of primary amides is 1. The van der Waals surface area contributed by atoms with Gasteiger partial charge in [-0.25, -0.2) is 4.98 Å². The van der Waals surface area contributed by atoms with Crippen LogP contribution in [0.1, 0.15) is 87.2 Å². The van der Waals surface area contributed by atoms with Gasteiger partial charge in [0.1, 0.15) is 65.3 Å². The van der Waals surface area contributed by atoms with Crippen LogP contribution in [-0.2, 0) is 88.5 Å². The number of aliphatic carboxylic acids is 4. The number of nitrogens with two attached hydrogens (primary N) is 1. The molecule has 0 unspecified atom stereocenters. The maximum atomic E-state index is 14.2. The Morgan fingerprint density at radius 1 is 0.534 bits per heavy atom. The van der Waals surface area contributed by atoms with Gasteiger partial charge in [-0.1, -0.05) is 24.3 Å². The second-order valence-electron chi connectivity index (χ2n) is 26.1. The molecule has 10 atom stereocenters. The Morgan fingerprint density at radius 2 is 0.991 bits per heavy atom. The number of thiol groups is 1. The summed E-state index contributed by atoms with van der Waals surface area (Å²) in [4.78, 5) is 220. The van der Waals surface area contributed by atoms with Crippen molar-refractivity contribution >= 4 is 163 Å². The summed E-state index contributed by atoms with van der Waals surface area (Å²) in [5, 5.41) is 86.7. The summed E-state index contributed by atoms with van der Waals surface area (Å²) in [6, 6.07) is 4.00. The number of benzene rings is 4. The molecule has 45 heteroatoms. The number of H-pyrrole nitrogens is 1. The predicted octanol–water partition coefficient (Wildman–Crippen LogP) is -1.75. The van der Waals surface area contributed by atoms with Gasteiger partial charge in [-0.15, -0.1) is 0 Å². The zero-order valence-electron chi connectivity index (χ0n) is 63.0. The number of carbonyl (C=O) groups is 16. The minimum absolute atomic E-state index is 0.0204. The van der Waals surface area contributed by atoms with E-state index < -0.39 is 223 Å². The fourth-order valence-corrected chi connectivity index (χ4v) is 12.3. The molecule has 0 bridgehead atoms. The highest BCUT2D eigenvalue weighted by Crippen LogP contribution is 2.29. The van der Waals surface area contributed by atoms with E-state index in [1.165, 1.54) is 55.0 Å². The molecule has 1 heterocycles. The number of hydrogen-bond donors (Lipinski definition) is 21. The van der Waals surface area contributed by atoms with Gasteiger partial charge in [0, 0.05) is 98.9 Å². The minimum atomic E-state index is -4.54. The Hall–Kier alpha value is -12.4. The largest absolute Gasteiger partial charge is 0.481 e. The number of aromatic nitrogens is 2. The molecule has 5 aromatic rings. The highest BCUT2D eigenvalue weighted by molar-refractivity contribution is 7.98. The van der Waals surface area contributed by atoms with Gasteiger partial charge < -0.3 is 105 Å². The average Bonchev–Trinajstić information content (AvgIpc) is 0.869. The molecule has 0 aliphatic rings. The van der Waals surface area contributed by atoms with Crippen LogP contribution in [0.15, 0.2) is 113 Å². The van der Waals surface area contributed by atoms with Gasteiger partial charge in [-0.3, -0.25) is 81.3 Å². The third-order valence-electron chi connectivity index (χ3n) is 17.1. The SMILES string of the molecule is CSCC[C@H](NC(=O)[C@H](CCC(=O)O)NC(=O)[C@H](CC(=O)O)NC(=O)c1ccc(N=Nc2ccc(N(C)C)cc2)cc1)C(=O)N[C@@H](CCC(=O)O)C(=O)N[C@@H](CCC(=O)O)C(=O)N[C@@H](CS)C(=O)N[C@@H](C)C(=O)N[C@@H](CO)C(=O)N[C@@H](Cc1c[nH]cn1)C(=O)N[C@@H](CCC(=O)NCCNc1cccc2c(S(=O)(=O)O)cccc12)C(N)=O. The van der Waals surface area contributed by atoms with Crippen molar-refractivity contribution < 1.29 is 115 Å². The van der Waals surface area contributed by atoms with E-state index in [0.29, 0.717) is 22.4 Å². The molecule has 21 N–H and O–H groups in total. The summed E-state index contributed by atoms with van der Waals surface area (Å²) in [6.45, 7) is 0.127. The fraction of sp³-hybridized carbons (Fsp3) is 0.423. The van der Waals surface area contributed by atoms with E-state index in [1.54, 1.807) is 36.6 Å². The Bertz CT molecular complexity index is 4480. The van der Waals surface area contributed by atoms with Crippen molar-refractivity contribution in [1.82, 2.24) is 68.5 Å². The Labute approximate surface area is 672 Å². The van der Waals surface area contributed by atoms with Crippen molar-refractivity contribution in [3.05, 3.63) is 109 Å². The number of aliphatic hydroxyl groups excluding tert-OH is 1. The first-order valence-corrected chi connectivity index (χ1v) is 39.1. The van der Waals surface area contributed by atoms with Gasteiger partial charge in [0.05, 0.1) is 36.4 Å². The van der Waals surface area contributed by atoms with E-state index in [9.17, 15) is 115 Å². The number of aromatic amines is 1. The summed E-state index contributed by atoms with van der Waals surface area (Å²) in [7, 11) is -0.815. The molecule has 0 radical (unpaired) electrons. The molecule has 0 saturated heterocycles. The van der Waals surface area contributed by atoms with Crippen molar-refractivity contribution in [2.24, 2.45) is 16.0 Å². The van der Waals surface area contributed by atoms with Gasteiger partial charge in [0.2, 0.25) is 65.0 Å². The van der Waals surface area contributed by atoms with Crippen LogP contribution in [0, 0.1) is 0 Å². The topological polar surface area (TPSA) is 656 Å². The third kappa shape index (κ3) is 31.5. The van der Waals surface area contributed by atoms with Gasteiger partial charge >= 0.3 is 23.9 Å². The van der Waals surface area contributed by atoms with E-state index in [2.05, 4.69) is 96.6 Å². The second kappa shape index (κ2) is 46.7. The Balaban J connectivity index is 1.21. The maximum Gasteiger partial charge on any atom is 0.305 e. The number of nitrogens with one attached hydrogen (secondary N) is 13. The third-order valence-corrected chi connectivity index (χ3v) is 19.0. The minimum Gasteiger partial charge on any atom is -0.481 e. The lowest BCUT2D eigenvalue weighted by molar-refractivity contribution is -0.140. The molecule has 0 saturated carbocycles. The number of carboxylic acids is 4. The standard InChI is InChI=1S/C71H92N18O24S3/c1-37(62(101)85-53(34-90)70(109)84-51(31-41-33-73-36-76-41)68(107)78-46(61(72)100)19-23-56(91)75-29-28-74-45-9-5-8-44-43(45)7-6-10-55(44)116(111,112)113)77-71(110)54(35-114)86-66(105)49(22-26-59(96)97)79-64(103)47(20-24-57(92)93)80-67(106)50(27-30-115-4)82-65(104)48(21-25-58(94)95)81-69(108)52(32-60(98)99)83-63(102)38-11-13-39(14-12-38)87-88-40-15-17-42(18-16-40)89(2)3/h5-18,33,36-37,46-54,74,90,114H,19-32,34-35H2,1-4H3,(H2,72,100)(H,73,76)(H,75,91)(H,77,110)(H,78,107)(H,79,103)(H,80,106)(H,81,108)(H,82,104)(H,83,102)(H,84,109)(H,85,101)(H,86,105)(H,92,93)(H,94,95)(H,96,97)(H,98,99)(H,111,112,113)/t37-,46-,47-,48-,49-,50-,51-,52-,53-,54-/m0/s1. The van der Waals surface area contributed by atoms with E-state index in [1.807, 2.05) is 31.1 Å². The number of carboxylic acid groups (broad SMARTS) is 4. The zero-order valence-corrected chi connectivity index (χ0v) is 65.5. The number of azo groups is 1. The van der Waals surface area contributed by atoms with Crippen molar-refractivity contribution in [3.8, 4) is 0 Å². The molecule has 42 nitrogen and oxygen atoms in total. The van der Waals surface area contributed by atoms with Crippen LogP contribution in [0.5, 0.6) is 0 Å². The van der Waals surface area contributed by atoms with E-state index in [-0.39, 0.29) is 66.1 Å². The molecule has 628 valence electrons. The average molecular weight is 1680 g/mol. The van der Waals surface area contributed by atoms with Crippen molar-refractivity contribution in [2.45, 2.75) is 143 Å². The number of rotatable bonds is 50. The summed E-state index contributed by atoms with van der Waals surface area (Å²) >= 11 is 5.28. The molecular weight excluding hydrogens is 1590 g/mol. The molecular formula is C71H92N18O24S3. The number of aliphatic hydroxyl groups is 1. The smallest absolute Gasteiger partial charge is 0.305 e. The first-order valence-electron chi connectivity index (χ1n) is 35.6. The summed E-state index contributed by atoms with van der Waals surface area (Å²) in [5.74, 6) is -20.0. The molecule has 116 heavy (non-hydrogen) atoms. The number of hydrogen-bond acceptors (Lipinski definition) is 26. The van der Waals surface area contributed by atoms with Crippen LogP contribution in [0.25, 0.3) is 10.8 Å². The fourth-order valence-electron chi connectivity index (χ4n) is 10.9. The van der Waals surface area contributed by atoms with Crippen molar-refractivity contribution in [2.75, 3.05) is 61.8 Å². The van der Waals surface area contributed by atoms with Gasteiger partial charge in [-0.05, 0) is 112 Å². The normalized spacial score (nSPS) is 13.8. The number of amides is 12. The molecule has 0 fully saturated rings. The Kier molecular flexibility index (Phi) is 38.0. The summed E-state index contributed by atoms with van der Waals surface area (Å²) in [5.41, 5.74) is 7.97. The molecule has 0 spiro atoms. The van der Waals surface area contributed by atoms with Crippen LogP contribution in [0.2, 0.25) is 0 Å². The van der Waals surface area contributed by atoms with Crippen LogP contribution >= 0.6 is 24.4 Å². The highest BCUT2D eigenvalue weighted by Gasteiger charge is 2.37. The number of fused-ring (bicyclic) bond motifs is 1. The van der Waals surface area contributed by atoms with Crippen LogP contribution in [0.4, 0.5) is 22.7 Å². The van der Waals surface area contributed by atoms with Crippen LogP contribution < -0.4 is 74.4 Å².